The molecule has 2 rings (SSSR count). The summed E-state index contributed by atoms with van der Waals surface area (Å²) in [6, 6.07) is 7.92. The van der Waals surface area contributed by atoms with Crippen LogP contribution in [-0.2, 0) is 4.74 Å². The van der Waals surface area contributed by atoms with Crippen molar-refractivity contribution < 1.29 is 9.47 Å². The van der Waals surface area contributed by atoms with E-state index in [9.17, 15) is 0 Å². The summed E-state index contributed by atoms with van der Waals surface area (Å²) >= 11 is 3.43. The average molecular weight is 327 g/mol. The Morgan fingerprint density at radius 1 is 1.05 bits per heavy atom. The van der Waals surface area contributed by atoms with Gasteiger partial charge in [0.2, 0.25) is 0 Å². The number of ether oxygens (including phenoxy) is 2. The fourth-order valence-corrected chi connectivity index (χ4v) is 2.93. The summed E-state index contributed by atoms with van der Waals surface area (Å²) in [5.41, 5.74) is 0. The van der Waals surface area contributed by atoms with E-state index >= 15 is 0 Å². The number of halogens is 1. The molecule has 3 heteroatoms. The molecule has 0 bridgehead atoms. The van der Waals surface area contributed by atoms with Crippen molar-refractivity contribution in [2.75, 3.05) is 19.8 Å². The molecule has 0 spiro atoms. The van der Waals surface area contributed by atoms with Gasteiger partial charge in [0.25, 0.3) is 0 Å². The summed E-state index contributed by atoms with van der Waals surface area (Å²) in [7, 11) is 0. The lowest BCUT2D eigenvalue weighted by molar-refractivity contribution is 0.0699. The largest absolute Gasteiger partial charge is 0.491 e. The molecule has 1 saturated carbocycles. The van der Waals surface area contributed by atoms with Gasteiger partial charge in [0.05, 0.1) is 6.61 Å². The van der Waals surface area contributed by atoms with E-state index in [1.54, 1.807) is 0 Å². The zero-order valence-corrected chi connectivity index (χ0v) is 13.0. The van der Waals surface area contributed by atoms with Gasteiger partial charge in [0.15, 0.2) is 0 Å². The van der Waals surface area contributed by atoms with Crippen LogP contribution in [0.5, 0.6) is 5.75 Å². The van der Waals surface area contributed by atoms with Crippen LogP contribution in [0.2, 0.25) is 0 Å². The molecule has 0 atom stereocenters. The molecule has 1 aromatic carbocycles. The molecule has 0 saturated heterocycles. The second-order valence-corrected chi connectivity index (χ2v) is 6.15. The van der Waals surface area contributed by atoms with E-state index in [4.69, 9.17) is 9.47 Å². The van der Waals surface area contributed by atoms with Crippen molar-refractivity contribution in [2.24, 2.45) is 5.92 Å². The molecule has 1 aromatic rings. The lowest BCUT2D eigenvalue weighted by Crippen LogP contribution is -2.13. The summed E-state index contributed by atoms with van der Waals surface area (Å²) in [6.07, 6.45) is 8.25. The number of benzene rings is 1. The molecular formula is C16H23BrO2. The summed E-state index contributed by atoms with van der Waals surface area (Å²) < 4.78 is 12.4. The molecule has 0 radical (unpaired) electrons. The Labute approximate surface area is 124 Å². The fourth-order valence-electron chi connectivity index (χ4n) is 2.56. The average Bonchev–Trinajstić information content (AvgIpc) is 2.67. The predicted molar refractivity (Wildman–Crippen MR) is 81.6 cm³/mol. The monoisotopic (exact) mass is 326 g/mol. The van der Waals surface area contributed by atoms with E-state index in [-0.39, 0.29) is 0 Å². The van der Waals surface area contributed by atoms with E-state index in [1.165, 1.54) is 38.5 Å². The minimum Gasteiger partial charge on any atom is -0.491 e. The molecule has 0 heterocycles. The van der Waals surface area contributed by atoms with Gasteiger partial charge in [-0.2, -0.15) is 0 Å². The summed E-state index contributed by atoms with van der Waals surface area (Å²) in [4.78, 5) is 0. The SMILES string of the molecule is Brc1cccc(OCCOCC2CCCCCC2)c1. The van der Waals surface area contributed by atoms with Crippen LogP contribution in [0.3, 0.4) is 0 Å². The van der Waals surface area contributed by atoms with Crippen molar-refractivity contribution in [1.82, 2.24) is 0 Å². The molecule has 106 valence electrons. The first-order valence-corrected chi connectivity index (χ1v) is 8.10. The second kappa shape index (κ2) is 8.60. The first kappa shape index (κ1) is 14.9. The Morgan fingerprint density at radius 3 is 2.58 bits per heavy atom. The maximum atomic E-state index is 5.74. The molecule has 0 aliphatic heterocycles. The van der Waals surface area contributed by atoms with Crippen LogP contribution < -0.4 is 4.74 Å². The van der Waals surface area contributed by atoms with E-state index in [0.29, 0.717) is 13.2 Å². The van der Waals surface area contributed by atoms with Crippen molar-refractivity contribution in [3.05, 3.63) is 28.7 Å². The molecule has 2 nitrogen and oxygen atoms in total. The Balaban J connectivity index is 1.56. The van der Waals surface area contributed by atoms with E-state index in [2.05, 4.69) is 15.9 Å². The fraction of sp³-hybridized carbons (Fsp3) is 0.625. The topological polar surface area (TPSA) is 18.5 Å². The molecule has 1 fully saturated rings. The Kier molecular flexibility index (Phi) is 6.72. The third-order valence-corrected chi connectivity index (χ3v) is 4.11. The normalized spacial score (nSPS) is 17.1. The summed E-state index contributed by atoms with van der Waals surface area (Å²) in [5, 5.41) is 0. The minimum absolute atomic E-state index is 0.628. The van der Waals surface area contributed by atoms with Crippen LogP contribution in [0.4, 0.5) is 0 Å². The first-order chi connectivity index (χ1) is 9.34. The van der Waals surface area contributed by atoms with Gasteiger partial charge in [-0.3, -0.25) is 0 Å². The first-order valence-electron chi connectivity index (χ1n) is 7.31. The maximum absolute atomic E-state index is 5.74. The number of hydrogen-bond donors (Lipinski definition) is 0. The van der Waals surface area contributed by atoms with Crippen molar-refractivity contribution in [1.29, 1.82) is 0 Å². The van der Waals surface area contributed by atoms with E-state index < -0.39 is 0 Å². The lowest BCUT2D eigenvalue weighted by Gasteiger charge is -2.14. The molecule has 1 aliphatic rings. The molecular weight excluding hydrogens is 304 g/mol. The van der Waals surface area contributed by atoms with Gasteiger partial charge in [-0.15, -0.1) is 0 Å². The third kappa shape index (κ3) is 5.96. The van der Waals surface area contributed by atoms with Crippen molar-refractivity contribution in [2.45, 2.75) is 38.5 Å². The molecule has 0 unspecified atom stereocenters. The van der Waals surface area contributed by atoms with Gasteiger partial charge in [-0.05, 0) is 37.0 Å². The molecule has 0 amide bonds. The smallest absolute Gasteiger partial charge is 0.120 e. The zero-order chi connectivity index (χ0) is 13.3. The molecule has 0 aromatic heterocycles. The van der Waals surface area contributed by atoms with Gasteiger partial charge in [-0.1, -0.05) is 47.7 Å². The van der Waals surface area contributed by atoms with Crippen molar-refractivity contribution in [3.8, 4) is 5.75 Å². The van der Waals surface area contributed by atoms with Crippen LogP contribution in [-0.4, -0.2) is 19.8 Å². The second-order valence-electron chi connectivity index (χ2n) is 5.24. The zero-order valence-electron chi connectivity index (χ0n) is 11.4. The highest BCUT2D eigenvalue weighted by Crippen LogP contribution is 2.23. The van der Waals surface area contributed by atoms with E-state index in [1.807, 2.05) is 24.3 Å². The Hall–Kier alpha value is -0.540. The Morgan fingerprint density at radius 2 is 1.84 bits per heavy atom. The predicted octanol–water partition coefficient (Wildman–Crippen LogP) is 4.81. The minimum atomic E-state index is 0.628. The molecule has 0 N–H and O–H groups in total. The van der Waals surface area contributed by atoms with Gasteiger partial charge >= 0.3 is 0 Å². The molecule has 1 aliphatic carbocycles. The van der Waals surface area contributed by atoms with Gasteiger partial charge in [0, 0.05) is 11.1 Å². The van der Waals surface area contributed by atoms with E-state index in [0.717, 1.165) is 22.7 Å². The quantitative estimate of drug-likeness (QED) is 0.551. The van der Waals surface area contributed by atoms with Crippen LogP contribution in [0.25, 0.3) is 0 Å². The van der Waals surface area contributed by atoms with Gasteiger partial charge in [-0.25, -0.2) is 0 Å². The van der Waals surface area contributed by atoms with Crippen molar-refractivity contribution in [3.63, 3.8) is 0 Å². The van der Waals surface area contributed by atoms with Crippen LogP contribution >= 0.6 is 15.9 Å². The van der Waals surface area contributed by atoms with Crippen LogP contribution in [0.15, 0.2) is 28.7 Å². The van der Waals surface area contributed by atoms with Crippen LogP contribution in [0.1, 0.15) is 38.5 Å². The highest BCUT2D eigenvalue weighted by Gasteiger charge is 2.11. The lowest BCUT2D eigenvalue weighted by atomic mass is 10.0. The number of rotatable bonds is 6. The van der Waals surface area contributed by atoms with Crippen molar-refractivity contribution >= 4 is 15.9 Å². The van der Waals surface area contributed by atoms with Gasteiger partial charge in [0.1, 0.15) is 12.4 Å². The molecule has 19 heavy (non-hydrogen) atoms. The van der Waals surface area contributed by atoms with Crippen LogP contribution in [0, 0.1) is 5.92 Å². The van der Waals surface area contributed by atoms with Gasteiger partial charge < -0.3 is 9.47 Å². The maximum Gasteiger partial charge on any atom is 0.120 e. The third-order valence-electron chi connectivity index (χ3n) is 3.62. The number of hydrogen-bond acceptors (Lipinski definition) is 2. The highest BCUT2D eigenvalue weighted by molar-refractivity contribution is 9.10. The summed E-state index contributed by atoms with van der Waals surface area (Å²) in [5.74, 6) is 1.67. The Bertz CT molecular complexity index is 360. The summed E-state index contributed by atoms with van der Waals surface area (Å²) in [6.45, 7) is 2.22. The standard InChI is InChI=1S/C16H23BrO2/c17-15-8-5-9-16(12-15)19-11-10-18-13-14-6-3-1-2-4-7-14/h5,8-9,12,14H,1-4,6-7,10-11,13H2. The highest BCUT2D eigenvalue weighted by atomic mass is 79.9.